The first-order valence-corrected chi connectivity index (χ1v) is 8.28. The third-order valence-corrected chi connectivity index (χ3v) is 3.88. The molecule has 0 saturated carbocycles. The van der Waals surface area contributed by atoms with Crippen molar-refractivity contribution in [1.29, 1.82) is 0 Å². The van der Waals surface area contributed by atoms with Crippen molar-refractivity contribution in [2.45, 2.75) is 13.3 Å². The lowest BCUT2D eigenvalue weighted by molar-refractivity contribution is 0.197. The van der Waals surface area contributed by atoms with Gasteiger partial charge >= 0.3 is 0 Å². The summed E-state index contributed by atoms with van der Waals surface area (Å²) in [6.07, 6.45) is 0.917. The lowest BCUT2D eigenvalue weighted by atomic mass is 10.2. The number of nitrogens with one attached hydrogen (secondary N) is 1. The predicted octanol–water partition coefficient (Wildman–Crippen LogP) is 1.95. The Morgan fingerprint density at radius 2 is 2.00 bits per heavy atom. The maximum Gasteiger partial charge on any atom is 0.194 e. The second-order valence-corrected chi connectivity index (χ2v) is 5.51. The summed E-state index contributed by atoms with van der Waals surface area (Å²) in [4.78, 5) is 8.99. The number of anilines is 1. The van der Waals surface area contributed by atoms with Crippen LogP contribution in [-0.4, -0.2) is 63.8 Å². The fourth-order valence-electron chi connectivity index (χ4n) is 2.69. The molecule has 2 rings (SSSR count). The number of halogens is 1. The van der Waals surface area contributed by atoms with Crippen LogP contribution < -0.4 is 10.2 Å². The largest absolute Gasteiger partial charge is 0.385 e. The van der Waals surface area contributed by atoms with Crippen molar-refractivity contribution in [2.75, 3.05) is 57.9 Å². The first kappa shape index (κ1) is 17.5. The molecular formula is C17H27FN4O. The van der Waals surface area contributed by atoms with Gasteiger partial charge in [0.2, 0.25) is 0 Å². The Morgan fingerprint density at radius 3 is 2.65 bits per heavy atom. The van der Waals surface area contributed by atoms with Crippen LogP contribution in [0.15, 0.2) is 29.3 Å². The molecule has 0 amide bonds. The molecule has 128 valence electrons. The number of nitrogens with zero attached hydrogens (tertiary/aromatic N) is 3. The number of rotatable bonds is 6. The van der Waals surface area contributed by atoms with Crippen molar-refractivity contribution >= 4 is 11.6 Å². The summed E-state index contributed by atoms with van der Waals surface area (Å²) in [5, 5.41) is 3.34. The van der Waals surface area contributed by atoms with Crippen molar-refractivity contribution in [3.63, 3.8) is 0 Å². The number of benzene rings is 1. The summed E-state index contributed by atoms with van der Waals surface area (Å²) in [5.74, 6) is 0.790. The van der Waals surface area contributed by atoms with E-state index in [9.17, 15) is 4.39 Å². The number of hydrogen-bond acceptors (Lipinski definition) is 3. The molecule has 0 spiro atoms. The van der Waals surface area contributed by atoms with Gasteiger partial charge < -0.3 is 19.9 Å². The molecule has 5 nitrogen and oxygen atoms in total. The van der Waals surface area contributed by atoms with Gasteiger partial charge in [-0.2, -0.15) is 0 Å². The molecule has 1 aromatic rings. The van der Waals surface area contributed by atoms with E-state index in [1.54, 1.807) is 13.2 Å². The summed E-state index contributed by atoms with van der Waals surface area (Å²) in [7, 11) is 1.71. The minimum absolute atomic E-state index is 0.152. The van der Waals surface area contributed by atoms with Gasteiger partial charge in [0, 0.05) is 53.0 Å². The van der Waals surface area contributed by atoms with Gasteiger partial charge in [0.05, 0.1) is 5.69 Å². The number of aliphatic imine (C=N–C) groups is 1. The lowest BCUT2D eigenvalue weighted by Gasteiger charge is -2.37. The van der Waals surface area contributed by atoms with Crippen molar-refractivity contribution < 1.29 is 9.13 Å². The van der Waals surface area contributed by atoms with Crippen LogP contribution in [0.25, 0.3) is 0 Å². The highest BCUT2D eigenvalue weighted by Gasteiger charge is 2.21. The highest BCUT2D eigenvalue weighted by Crippen LogP contribution is 2.20. The first-order valence-electron chi connectivity index (χ1n) is 8.28. The number of piperazine rings is 1. The fourth-order valence-corrected chi connectivity index (χ4v) is 2.69. The minimum atomic E-state index is -0.152. The molecule has 1 aromatic carbocycles. The molecule has 23 heavy (non-hydrogen) atoms. The Labute approximate surface area is 138 Å². The van der Waals surface area contributed by atoms with Crippen LogP contribution in [0.1, 0.15) is 13.3 Å². The molecule has 1 N–H and O–H groups in total. The Hall–Kier alpha value is -1.82. The average molecular weight is 322 g/mol. The molecule has 0 radical (unpaired) electrons. The SMILES string of the molecule is CCNC(=NCCCOC)N1CCN(c2ccccc2F)CC1. The number of hydrogen-bond donors (Lipinski definition) is 1. The molecule has 1 fully saturated rings. The van der Waals surface area contributed by atoms with Crippen LogP contribution in [-0.2, 0) is 4.74 Å². The molecule has 0 unspecified atom stereocenters. The Kier molecular flexibility index (Phi) is 7.13. The van der Waals surface area contributed by atoms with E-state index >= 15 is 0 Å². The van der Waals surface area contributed by atoms with E-state index in [1.165, 1.54) is 6.07 Å². The van der Waals surface area contributed by atoms with Crippen LogP contribution in [0.3, 0.4) is 0 Å². The van der Waals surface area contributed by atoms with E-state index in [0.29, 0.717) is 5.69 Å². The van der Waals surface area contributed by atoms with Crippen molar-refractivity contribution in [2.24, 2.45) is 4.99 Å². The third-order valence-electron chi connectivity index (χ3n) is 3.88. The van der Waals surface area contributed by atoms with E-state index in [2.05, 4.69) is 27.0 Å². The molecule has 0 atom stereocenters. The van der Waals surface area contributed by atoms with Crippen molar-refractivity contribution in [1.82, 2.24) is 10.2 Å². The van der Waals surface area contributed by atoms with Crippen molar-refractivity contribution in [3.05, 3.63) is 30.1 Å². The number of ether oxygens (including phenoxy) is 1. The fraction of sp³-hybridized carbons (Fsp3) is 0.588. The summed E-state index contributed by atoms with van der Waals surface area (Å²) in [5.41, 5.74) is 0.689. The summed E-state index contributed by atoms with van der Waals surface area (Å²) in [6.45, 7) is 7.66. The summed E-state index contributed by atoms with van der Waals surface area (Å²) in [6, 6.07) is 6.97. The average Bonchev–Trinajstić information content (AvgIpc) is 2.58. The summed E-state index contributed by atoms with van der Waals surface area (Å²) < 4.78 is 18.9. The van der Waals surface area contributed by atoms with Gasteiger partial charge in [0.1, 0.15) is 5.82 Å². The Bertz CT molecular complexity index is 501. The van der Waals surface area contributed by atoms with Gasteiger partial charge in [-0.25, -0.2) is 4.39 Å². The minimum Gasteiger partial charge on any atom is -0.385 e. The second-order valence-electron chi connectivity index (χ2n) is 5.51. The normalized spacial score (nSPS) is 15.9. The standard InChI is InChI=1S/C17H27FN4O/c1-3-19-17(20-9-6-14-23-2)22-12-10-21(11-13-22)16-8-5-4-7-15(16)18/h4-5,7-8H,3,6,9-14H2,1-2H3,(H,19,20). The number of para-hydroxylation sites is 1. The number of methoxy groups -OCH3 is 1. The topological polar surface area (TPSA) is 40.1 Å². The molecule has 1 heterocycles. The zero-order valence-electron chi connectivity index (χ0n) is 14.1. The Morgan fingerprint density at radius 1 is 1.26 bits per heavy atom. The highest BCUT2D eigenvalue weighted by molar-refractivity contribution is 5.80. The number of guanidine groups is 1. The van der Waals surface area contributed by atoms with Gasteiger partial charge in [-0.1, -0.05) is 12.1 Å². The van der Waals surface area contributed by atoms with Gasteiger partial charge in [0.25, 0.3) is 0 Å². The highest BCUT2D eigenvalue weighted by atomic mass is 19.1. The zero-order chi connectivity index (χ0) is 16.5. The van der Waals surface area contributed by atoms with Gasteiger partial charge in [-0.3, -0.25) is 4.99 Å². The molecular weight excluding hydrogens is 295 g/mol. The van der Waals surface area contributed by atoms with E-state index in [0.717, 1.165) is 58.3 Å². The van der Waals surface area contributed by atoms with Gasteiger partial charge in [0.15, 0.2) is 5.96 Å². The van der Waals surface area contributed by atoms with Gasteiger partial charge in [-0.15, -0.1) is 0 Å². The summed E-state index contributed by atoms with van der Waals surface area (Å²) >= 11 is 0. The second kappa shape index (κ2) is 9.35. The molecule has 1 aliphatic rings. The molecule has 1 saturated heterocycles. The molecule has 0 bridgehead atoms. The van der Waals surface area contributed by atoms with Crippen LogP contribution >= 0.6 is 0 Å². The van der Waals surface area contributed by atoms with Crippen LogP contribution in [0.5, 0.6) is 0 Å². The first-order chi connectivity index (χ1) is 11.3. The Balaban J connectivity index is 1.91. The van der Waals surface area contributed by atoms with Crippen LogP contribution in [0.4, 0.5) is 10.1 Å². The molecule has 6 heteroatoms. The monoisotopic (exact) mass is 322 g/mol. The van der Waals surface area contributed by atoms with E-state index in [4.69, 9.17) is 4.74 Å². The van der Waals surface area contributed by atoms with E-state index < -0.39 is 0 Å². The molecule has 0 aromatic heterocycles. The lowest BCUT2D eigenvalue weighted by Crippen LogP contribution is -2.52. The van der Waals surface area contributed by atoms with Crippen molar-refractivity contribution in [3.8, 4) is 0 Å². The maximum atomic E-state index is 13.9. The predicted molar refractivity (Wildman–Crippen MR) is 92.7 cm³/mol. The molecule has 0 aliphatic carbocycles. The third kappa shape index (κ3) is 5.10. The molecule has 1 aliphatic heterocycles. The zero-order valence-corrected chi connectivity index (χ0v) is 14.1. The maximum absolute atomic E-state index is 13.9. The van der Waals surface area contributed by atoms with Gasteiger partial charge in [-0.05, 0) is 25.5 Å². The van der Waals surface area contributed by atoms with E-state index in [1.807, 2.05) is 12.1 Å². The van der Waals surface area contributed by atoms with E-state index in [-0.39, 0.29) is 5.82 Å². The quantitative estimate of drug-likeness (QED) is 0.494. The smallest absolute Gasteiger partial charge is 0.194 e. The van der Waals surface area contributed by atoms with Crippen LogP contribution in [0.2, 0.25) is 0 Å². The van der Waals surface area contributed by atoms with Crippen LogP contribution in [0, 0.1) is 5.82 Å².